The van der Waals surface area contributed by atoms with E-state index in [0.29, 0.717) is 17.6 Å². The molecule has 86 valence electrons. The normalized spacial score (nSPS) is 42.3. The van der Waals surface area contributed by atoms with E-state index < -0.39 is 0 Å². The maximum atomic E-state index is 5.83. The van der Waals surface area contributed by atoms with E-state index in [4.69, 9.17) is 4.74 Å². The first kappa shape index (κ1) is 11.2. The van der Waals surface area contributed by atoms with Gasteiger partial charge in [0.15, 0.2) is 0 Å². The van der Waals surface area contributed by atoms with Gasteiger partial charge in [-0.05, 0) is 45.1 Å². The third kappa shape index (κ3) is 2.43. The number of nitrogens with zero attached hydrogens (tertiary/aromatic N) is 1. The van der Waals surface area contributed by atoms with Crippen molar-refractivity contribution in [1.82, 2.24) is 4.90 Å². The summed E-state index contributed by atoms with van der Waals surface area (Å²) in [5, 5.41) is 0. The van der Waals surface area contributed by atoms with Gasteiger partial charge in [0, 0.05) is 13.1 Å². The highest BCUT2D eigenvalue weighted by Crippen LogP contribution is 2.43. The van der Waals surface area contributed by atoms with Crippen molar-refractivity contribution in [3.8, 4) is 0 Å². The molecule has 2 saturated heterocycles. The second-order valence-corrected chi connectivity index (χ2v) is 5.44. The van der Waals surface area contributed by atoms with Crippen LogP contribution < -0.4 is 0 Å². The molecule has 0 radical (unpaired) electrons. The van der Waals surface area contributed by atoms with Crippen molar-refractivity contribution < 1.29 is 4.74 Å². The molecule has 1 spiro atoms. The maximum Gasteiger partial charge on any atom is 0.0556 e. The molecule has 2 rings (SSSR count). The molecule has 2 fully saturated rings. The predicted molar refractivity (Wildman–Crippen MR) is 62.9 cm³/mol. The third-order valence-electron chi connectivity index (χ3n) is 3.81. The lowest BCUT2D eigenvalue weighted by Gasteiger charge is -2.40. The van der Waals surface area contributed by atoms with Crippen LogP contribution in [-0.4, -0.2) is 36.7 Å². The van der Waals surface area contributed by atoms with Gasteiger partial charge >= 0.3 is 0 Å². The SMILES string of the molecule is C=CCN1CCC2(C[C@@H](C)O[C@@H](C)C2)C1. The van der Waals surface area contributed by atoms with Gasteiger partial charge in [-0.1, -0.05) is 6.08 Å². The Bertz CT molecular complexity index is 229. The summed E-state index contributed by atoms with van der Waals surface area (Å²) in [5.41, 5.74) is 0.542. The lowest BCUT2D eigenvalue weighted by atomic mass is 9.75. The highest BCUT2D eigenvalue weighted by Gasteiger charge is 2.42. The van der Waals surface area contributed by atoms with Crippen LogP contribution in [0.5, 0.6) is 0 Å². The summed E-state index contributed by atoms with van der Waals surface area (Å²) in [7, 11) is 0. The zero-order valence-corrected chi connectivity index (χ0v) is 10.0. The molecule has 0 saturated carbocycles. The van der Waals surface area contributed by atoms with E-state index in [1.807, 2.05) is 6.08 Å². The lowest BCUT2D eigenvalue weighted by molar-refractivity contribution is -0.0834. The van der Waals surface area contributed by atoms with Crippen LogP contribution >= 0.6 is 0 Å². The Morgan fingerprint density at radius 1 is 1.40 bits per heavy atom. The number of likely N-dealkylation sites (tertiary alicyclic amines) is 1. The summed E-state index contributed by atoms with van der Waals surface area (Å²) in [6, 6.07) is 0. The van der Waals surface area contributed by atoms with Crippen LogP contribution in [-0.2, 0) is 4.74 Å². The summed E-state index contributed by atoms with van der Waals surface area (Å²) in [4.78, 5) is 2.53. The summed E-state index contributed by atoms with van der Waals surface area (Å²) < 4.78 is 5.83. The van der Waals surface area contributed by atoms with E-state index in [2.05, 4.69) is 25.3 Å². The van der Waals surface area contributed by atoms with E-state index in [-0.39, 0.29) is 0 Å². The molecule has 0 aliphatic carbocycles. The van der Waals surface area contributed by atoms with Gasteiger partial charge in [0.2, 0.25) is 0 Å². The monoisotopic (exact) mass is 209 g/mol. The molecular weight excluding hydrogens is 186 g/mol. The summed E-state index contributed by atoms with van der Waals surface area (Å²) >= 11 is 0. The summed E-state index contributed by atoms with van der Waals surface area (Å²) in [5.74, 6) is 0. The van der Waals surface area contributed by atoms with Gasteiger partial charge in [-0.15, -0.1) is 6.58 Å². The van der Waals surface area contributed by atoms with Crippen molar-refractivity contribution >= 4 is 0 Å². The molecule has 2 nitrogen and oxygen atoms in total. The van der Waals surface area contributed by atoms with E-state index in [1.54, 1.807) is 0 Å². The predicted octanol–water partition coefficient (Wildman–Crippen LogP) is 2.45. The minimum Gasteiger partial charge on any atom is -0.376 e. The fraction of sp³-hybridized carbons (Fsp3) is 0.846. The van der Waals surface area contributed by atoms with Crippen LogP contribution in [0.1, 0.15) is 33.1 Å². The molecule has 2 heterocycles. The highest BCUT2D eigenvalue weighted by molar-refractivity contribution is 4.96. The molecule has 0 aromatic heterocycles. The average molecular weight is 209 g/mol. The van der Waals surface area contributed by atoms with Crippen molar-refractivity contribution in [3.05, 3.63) is 12.7 Å². The molecule has 2 aliphatic rings. The fourth-order valence-corrected chi connectivity index (χ4v) is 3.50. The van der Waals surface area contributed by atoms with Crippen LogP contribution in [0.3, 0.4) is 0 Å². The molecule has 0 bridgehead atoms. The first-order valence-corrected chi connectivity index (χ1v) is 6.12. The molecule has 0 aromatic carbocycles. The Morgan fingerprint density at radius 2 is 2.07 bits per heavy atom. The third-order valence-corrected chi connectivity index (χ3v) is 3.81. The van der Waals surface area contributed by atoms with Gasteiger partial charge in [0.25, 0.3) is 0 Å². The zero-order chi connectivity index (χ0) is 10.9. The number of hydrogen-bond donors (Lipinski definition) is 0. The molecule has 1 unspecified atom stereocenters. The second-order valence-electron chi connectivity index (χ2n) is 5.44. The van der Waals surface area contributed by atoms with Crippen molar-refractivity contribution in [2.75, 3.05) is 19.6 Å². The molecule has 2 heteroatoms. The molecule has 2 aliphatic heterocycles. The van der Waals surface area contributed by atoms with Crippen LogP contribution in [0.15, 0.2) is 12.7 Å². The number of ether oxygens (including phenoxy) is 1. The topological polar surface area (TPSA) is 12.5 Å². The van der Waals surface area contributed by atoms with Gasteiger partial charge in [-0.2, -0.15) is 0 Å². The van der Waals surface area contributed by atoms with Crippen molar-refractivity contribution in [2.24, 2.45) is 5.41 Å². The average Bonchev–Trinajstić information content (AvgIpc) is 2.46. The van der Waals surface area contributed by atoms with Crippen molar-refractivity contribution in [2.45, 2.75) is 45.3 Å². The summed E-state index contributed by atoms with van der Waals surface area (Å²) in [6.07, 6.45) is 6.73. The van der Waals surface area contributed by atoms with E-state index in [9.17, 15) is 0 Å². The van der Waals surface area contributed by atoms with Gasteiger partial charge in [-0.3, -0.25) is 4.90 Å². The Hall–Kier alpha value is -0.340. The zero-order valence-electron chi connectivity index (χ0n) is 10.0. The maximum absolute atomic E-state index is 5.83. The molecular formula is C13H23NO. The van der Waals surface area contributed by atoms with Gasteiger partial charge < -0.3 is 4.74 Å². The van der Waals surface area contributed by atoms with E-state index in [0.717, 1.165) is 6.54 Å². The molecule has 3 atom stereocenters. The Labute approximate surface area is 93.3 Å². The second kappa shape index (κ2) is 4.26. The Balaban J connectivity index is 1.98. The molecule has 0 amide bonds. The first-order valence-electron chi connectivity index (χ1n) is 6.12. The van der Waals surface area contributed by atoms with Crippen LogP contribution in [0.2, 0.25) is 0 Å². The molecule has 0 aromatic rings. The van der Waals surface area contributed by atoms with Crippen LogP contribution in [0.25, 0.3) is 0 Å². The smallest absolute Gasteiger partial charge is 0.0556 e. The van der Waals surface area contributed by atoms with E-state index >= 15 is 0 Å². The summed E-state index contributed by atoms with van der Waals surface area (Å²) in [6.45, 7) is 11.8. The minimum absolute atomic E-state index is 0.442. The standard InChI is InChI=1S/C13H23NO/c1-4-6-14-7-5-13(10-14)8-11(2)15-12(3)9-13/h4,11-12H,1,5-10H2,2-3H3/t11-,12+,13?. The Morgan fingerprint density at radius 3 is 2.67 bits per heavy atom. The van der Waals surface area contributed by atoms with Gasteiger partial charge in [-0.25, -0.2) is 0 Å². The lowest BCUT2D eigenvalue weighted by Crippen LogP contribution is -2.40. The quantitative estimate of drug-likeness (QED) is 0.648. The van der Waals surface area contributed by atoms with Crippen molar-refractivity contribution in [3.63, 3.8) is 0 Å². The van der Waals surface area contributed by atoms with Gasteiger partial charge in [0.1, 0.15) is 0 Å². The molecule has 15 heavy (non-hydrogen) atoms. The number of hydrogen-bond acceptors (Lipinski definition) is 2. The van der Waals surface area contributed by atoms with Gasteiger partial charge in [0.05, 0.1) is 12.2 Å². The molecule has 0 N–H and O–H groups in total. The van der Waals surface area contributed by atoms with E-state index in [1.165, 1.54) is 32.4 Å². The largest absolute Gasteiger partial charge is 0.376 e. The van der Waals surface area contributed by atoms with Crippen molar-refractivity contribution in [1.29, 1.82) is 0 Å². The fourth-order valence-electron chi connectivity index (χ4n) is 3.50. The van der Waals surface area contributed by atoms with Crippen LogP contribution in [0.4, 0.5) is 0 Å². The van der Waals surface area contributed by atoms with Crippen LogP contribution in [0, 0.1) is 5.41 Å². The Kier molecular flexibility index (Phi) is 3.17. The minimum atomic E-state index is 0.442. The first-order chi connectivity index (χ1) is 7.13. The number of rotatable bonds is 2. The highest BCUT2D eigenvalue weighted by atomic mass is 16.5.